The van der Waals surface area contributed by atoms with Crippen LogP contribution in [0.2, 0.25) is 0 Å². The van der Waals surface area contributed by atoms with E-state index in [9.17, 15) is 0 Å². The summed E-state index contributed by atoms with van der Waals surface area (Å²) in [6.07, 6.45) is 30.7. The zero-order valence-electron chi connectivity index (χ0n) is 20.7. The average molecular weight is 423 g/mol. The van der Waals surface area contributed by atoms with Gasteiger partial charge in [0, 0.05) is 13.2 Å². The average Bonchev–Trinajstić information content (AvgIpc) is 2.76. The molecule has 0 aromatic heterocycles. The van der Waals surface area contributed by atoms with Gasteiger partial charge in [-0.15, -0.1) is 0 Å². The highest BCUT2D eigenvalue weighted by molar-refractivity contribution is 4.96. The fraction of sp³-hybridized carbons (Fsp3) is 0.857. The van der Waals surface area contributed by atoms with E-state index in [-0.39, 0.29) is 6.29 Å². The number of allylic oxidation sites excluding steroid dienone is 3. The van der Waals surface area contributed by atoms with Crippen molar-refractivity contribution in [3.05, 3.63) is 24.8 Å². The van der Waals surface area contributed by atoms with Gasteiger partial charge in [-0.3, -0.25) is 0 Å². The summed E-state index contributed by atoms with van der Waals surface area (Å²) in [6.45, 7) is 9.97. The van der Waals surface area contributed by atoms with Crippen LogP contribution in [-0.2, 0) is 9.47 Å². The van der Waals surface area contributed by atoms with Gasteiger partial charge >= 0.3 is 0 Å². The van der Waals surface area contributed by atoms with Crippen molar-refractivity contribution in [2.45, 2.75) is 142 Å². The molecule has 178 valence electrons. The summed E-state index contributed by atoms with van der Waals surface area (Å²) in [5, 5.41) is 0. The number of hydrogen-bond acceptors (Lipinski definition) is 2. The molecule has 0 rings (SSSR count). The fourth-order valence-corrected chi connectivity index (χ4v) is 3.71. The smallest absolute Gasteiger partial charge is 0.157 e. The summed E-state index contributed by atoms with van der Waals surface area (Å²) in [7, 11) is 0. The van der Waals surface area contributed by atoms with Crippen LogP contribution in [0.15, 0.2) is 24.8 Å². The summed E-state index contributed by atoms with van der Waals surface area (Å²) in [6, 6.07) is 0. The molecule has 30 heavy (non-hydrogen) atoms. The molecular formula is C28H54O2. The Labute approximate surface area is 189 Å². The number of unbranched alkanes of at least 4 members (excludes halogenated alkanes) is 15. The number of rotatable bonds is 25. The van der Waals surface area contributed by atoms with Crippen molar-refractivity contribution in [1.82, 2.24) is 0 Å². The molecule has 0 heterocycles. The van der Waals surface area contributed by atoms with E-state index >= 15 is 0 Å². The summed E-state index contributed by atoms with van der Waals surface area (Å²) < 4.78 is 12.2. The molecule has 0 radical (unpaired) electrons. The lowest BCUT2D eigenvalue weighted by Gasteiger charge is -2.19. The Hall–Kier alpha value is -0.600. The van der Waals surface area contributed by atoms with E-state index in [0.29, 0.717) is 0 Å². The van der Waals surface area contributed by atoms with Crippen molar-refractivity contribution < 1.29 is 9.47 Å². The topological polar surface area (TPSA) is 18.5 Å². The van der Waals surface area contributed by atoms with Crippen molar-refractivity contribution in [2.75, 3.05) is 13.2 Å². The molecule has 0 aromatic carbocycles. The molecule has 0 bridgehead atoms. The SMILES string of the molecule is C=C/C=C\CCCCCCCCCC(OCCCCCCC)OCCCCCCC. The molecule has 0 aliphatic carbocycles. The van der Waals surface area contributed by atoms with E-state index in [0.717, 1.165) is 19.6 Å². The maximum atomic E-state index is 6.11. The van der Waals surface area contributed by atoms with Gasteiger partial charge in [-0.25, -0.2) is 0 Å². The molecule has 0 unspecified atom stereocenters. The molecule has 0 aromatic rings. The first kappa shape index (κ1) is 29.4. The minimum Gasteiger partial charge on any atom is -0.353 e. The number of ether oxygens (including phenoxy) is 2. The van der Waals surface area contributed by atoms with Gasteiger partial charge in [-0.05, 0) is 38.5 Å². The predicted octanol–water partition coefficient (Wildman–Crippen LogP) is 9.54. The van der Waals surface area contributed by atoms with Crippen molar-refractivity contribution in [3.63, 3.8) is 0 Å². The van der Waals surface area contributed by atoms with Crippen molar-refractivity contribution in [1.29, 1.82) is 0 Å². The van der Waals surface area contributed by atoms with Crippen LogP contribution in [0.3, 0.4) is 0 Å². The molecule has 0 fully saturated rings. The van der Waals surface area contributed by atoms with Crippen LogP contribution in [0.4, 0.5) is 0 Å². The van der Waals surface area contributed by atoms with E-state index in [1.165, 1.54) is 116 Å². The fourth-order valence-electron chi connectivity index (χ4n) is 3.71. The van der Waals surface area contributed by atoms with E-state index in [1.54, 1.807) is 0 Å². The Balaban J connectivity index is 3.77. The highest BCUT2D eigenvalue weighted by Crippen LogP contribution is 2.14. The molecule has 2 nitrogen and oxygen atoms in total. The maximum absolute atomic E-state index is 6.11. The second-order valence-electron chi connectivity index (χ2n) is 8.72. The van der Waals surface area contributed by atoms with Crippen LogP contribution in [0.5, 0.6) is 0 Å². The van der Waals surface area contributed by atoms with Gasteiger partial charge < -0.3 is 9.47 Å². The minimum atomic E-state index is 0.0268. The quantitative estimate of drug-likeness (QED) is 0.0828. The lowest BCUT2D eigenvalue weighted by atomic mass is 10.1. The van der Waals surface area contributed by atoms with Crippen LogP contribution in [0.25, 0.3) is 0 Å². The molecule has 0 aliphatic rings. The Kier molecular flexibility index (Phi) is 25.9. The molecule has 0 aliphatic heterocycles. The Morgan fingerprint density at radius 2 is 1.07 bits per heavy atom. The number of hydrogen-bond donors (Lipinski definition) is 0. The van der Waals surface area contributed by atoms with Crippen LogP contribution >= 0.6 is 0 Å². The summed E-state index contributed by atoms with van der Waals surface area (Å²) in [5.41, 5.74) is 0. The minimum absolute atomic E-state index is 0.0268. The van der Waals surface area contributed by atoms with Crippen molar-refractivity contribution in [2.24, 2.45) is 0 Å². The summed E-state index contributed by atoms with van der Waals surface area (Å²) >= 11 is 0. The standard InChI is InChI=1S/C28H54O2/c1-4-7-10-13-14-15-16-17-18-19-22-25-28(29-26-23-20-11-8-5-2)30-27-24-21-12-9-6-3/h4,7,10,28H,1,5-6,8-9,11-27H2,2-3H3/b10-7-. The van der Waals surface area contributed by atoms with Crippen LogP contribution in [-0.4, -0.2) is 19.5 Å². The first-order valence-electron chi connectivity index (χ1n) is 13.4. The summed E-state index contributed by atoms with van der Waals surface area (Å²) in [4.78, 5) is 0. The van der Waals surface area contributed by atoms with E-state index < -0.39 is 0 Å². The highest BCUT2D eigenvalue weighted by Gasteiger charge is 2.09. The lowest BCUT2D eigenvalue weighted by Crippen LogP contribution is -2.19. The lowest BCUT2D eigenvalue weighted by molar-refractivity contribution is -0.148. The van der Waals surface area contributed by atoms with Crippen LogP contribution in [0.1, 0.15) is 136 Å². The maximum Gasteiger partial charge on any atom is 0.157 e. The Morgan fingerprint density at radius 3 is 1.60 bits per heavy atom. The molecule has 0 atom stereocenters. The second-order valence-corrected chi connectivity index (χ2v) is 8.72. The molecule has 0 saturated carbocycles. The van der Waals surface area contributed by atoms with Crippen LogP contribution < -0.4 is 0 Å². The first-order chi connectivity index (χ1) is 14.8. The first-order valence-corrected chi connectivity index (χ1v) is 13.4. The van der Waals surface area contributed by atoms with E-state index in [2.05, 4.69) is 32.6 Å². The van der Waals surface area contributed by atoms with Gasteiger partial charge in [-0.1, -0.05) is 122 Å². The Bertz CT molecular complexity index is 335. The van der Waals surface area contributed by atoms with E-state index in [4.69, 9.17) is 9.47 Å². The van der Waals surface area contributed by atoms with E-state index in [1.807, 2.05) is 6.08 Å². The molecule has 2 heteroatoms. The van der Waals surface area contributed by atoms with Gasteiger partial charge in [0.05, 0.1) is 0 Å². The molecule has 0 amide bonds. The normalized spacial score (nSPS) is 11.7. The van der Waals surface area contributed by atoms with Gasteiger partial charge in [0.2, 0.25) is 0 Å². The molecule has 0 spiro atoms. The Morgan fingerprint density at radius 1 is 0.600 bits per heavy atom. The largest absolute Gasteiger partial charge is 0.353 e. The van der Waals surface area contributed by atoms with Crippen LogP contribution in [0, 0.1) is 0 Å². The van der Waals surface area contributed by atoms with Gasteiger partial charge in [0.15, 0.2) is 6.29 Å². The van der Waals surface area contributed by atoms with Crippen molar-refractivity contribution >= 4 is 0 Å². The summed E-state index contributed by atoms with van der Waals surface area (Å²) in [5.74, 6) is 0. The second kappa shape index (κ2) is 26.4. The predicted molar refractivity (Wildman–Crippen MR) is 134 cm³/mol. The molecular weight excluding hydrogens is 368 g/mol. The van der Waals surface area contributed by atoms with Gasteiger partial charge in [0.25, 0.3) is 0 Å². The molecule has 0 saturated heterocycles. The third kappa shape index (κ3) is 23.7. The third-order valence-electron chi connectivity index (χ3n) is 5.69. The molecule has 0 N–H and O–H groups in total. The highest BCUT2D eigenvalue weighted by atomic mass is 16.7. The zero-order chi connectivity index (χ0) is 22.0. The monoisotopic (exact) mass is 422 g/mol. The van der Waals surface area contributed by atoms with Crippen molar-refractivity contribution in [3.8, 4) is 0 Å². The zero-order valence-corrected chi connectivity index (χ0v) is 20.7. The van der Waals surface area contributed by atoms with Gasteiger partial charge in [-0.2, -0.15) is 0 Å². The third-order valence-corrected chi connectivity index (χ3v) is 5.69. The van der Waals surface area contributed by atoms with Gasteiger partial charge in [0.1, 0.15) is 0 Å².